The van der Waals surface area contributed by atoms with Crippen LogP contribution in [0.4, 0.5) is 17.1 Å². The zero-order valence-electron chi connectivity index (χ0n) is 32.7. The highest BCUT2D eigenvalue weighted by Gasteiger charge is 2.26. The SMILES string of the molecule is O=c1c2ccccc2c2cc(-c3ccc4c(c3)Cc3cc(-c5ccc6c(c5)c5ccccc5n6-c5ccccc5)ccc3N4c3ccccc3)ccc2n1-c1ccccc1. The third kappa shape index (κ3) is 5.35. The number of aromatic nitrogens is 2. The van der Waals surface area contributed by atoms with Gasteiger partial charge >= 0.3 is 0 Å². The summed E-state index contributed by atoms with van der Waals surface area (Å²) < 4.78 is 4.22. The first-order valence-electron chi connectivity index (χ1n) is 20.5. The highest BCUT2D eigenvalue weighted by atomic mass is 16.1. The lowest BCUT2D eigenvalue weighted by Crippen LogP contribution is -2.19. The Labute approximate surface area is 347 Å². The molecule has 0 spiro atoms. The fraction of sp³-hybridized carbons (Fsp3) is 0.0179. The monoisotopic (exact) mass is 767 g/mol. The predicted octanol–water partition coefficient (Wildman–Crippen LogP) is 13.9. The Balaban J connectivity index is 0.987. The number of fused-ring (bicyclic) bond motifs is 8. The summed E-state index contributed by atoms with van der Waals surface area (Å²) >= 11 is 0. The molecule has 0 aliphatic carbocycles. The number of anilines is 3. The van der Waals surface area contributed by atoms with Crippen molar-refractivity contribution in [2.75, 3.05) is 4.90 Å². The van der Waals surface area contributed by atoms with E-state index in [4.69, 9.17) is 0 Å². The van der Waals surface area contributed by atoms with E-state index in [1.165, 1.54) is 55.4 Å². The molecule has 1 aliphatic heterocycles. The van der Waals surface area contributed by atoms with Crippen LogP contribution < -0.4 is 10.5 Å². The number of pyridine rings is 1. The first kappa shape index (κ1) is 34.1. The predicted molar refractivity (Wildman–Crippen MR) is 250 cm³/mol. The summed E-state index contributed by atoms with van der Waals surface area (Å²) in [5.41, 5.74) is 16.0. The van der Waals surface area contributed by atoms with Crippen LogP contribution >= 0.6 is 0 Å². The van der Waals surface area contributed by atoms with Gasteiger partial charge < -0.3 is 9.47 Å². The van der Waals surface area contributed by atoms with E-state index >= 15 is 0 Å². The van der Waals surface area contributed by atoms with Gasteiger partial charge in [0.05, 0.1) is 16.6 Å². The van der Waals surface area contributed by atoms with Gasteiger partial charge in [-0.2, -0.15) is 0 Å². The van der Waals surface area contributed by atoms with Gasteiger partial charge in [0.2, 0.25) is 0 Å². The lowest BCUT2D eigenvalue weighted by Gasteiger charge is -2.34. The van der Waals surface area contributed by atoms with Crippen molar-refractivity contribution in [3.05, 3.63) is 234 Å². The van der Waals surface area contributed by atoms with Crippen molar-refractivity contribution in [3.63, 3.8) is 0 Å². The number of hydrogen-bond acceptors (Lipinski definition) is 2. The van der Waals surface area contributed by atoms with Crippen LogP contribution in [0.1, 0.15) is 11.1 Å². The first-order chi connectivity index (χ1) is 29.7. The van der Waals surface area contributed by atoms with Gasteiger partial charge in [-0.05, 0) is 136 Å². The van der Waals surface area contributed by atoms with Crippen LogP contribution in [0.3, 0.4) is 0 Å². The van der Waals surface area contributed by atoms with Gasteiger partial charge in [0.25, 0.3) is 5.56 Å². The number of rotatable bonds is 5. The number of para-hydroxylation sites is 4. The molecule has 2 aromatic heterocycles. The standard InChI is InChI=1S/C56H37N3O/c60-56-48-22-11-10-20-46(48)49-35-39(27-31-55(49)59(56)45-18-8-3-9-19-45)37-24-28-51-41(32-37)34-42-33-38(25-29-52(42)57(51)43-14-4-1-5-15-43)40-26-30-54-50(36-40)47-21-12-13-23-53(47)58(54)44-16-6-2-7-17-44/h1-33,35-36H,34H2. The van der Waals surface area contributed by atoms with Crippen molar-refractivity contribution in [2.24, 2.45) is 0 Å². The summed E-state index contributed by atoms with van der Waals surface area (Å²) in [6.07, 6.45) is 0.801. The molecule has 0 saturated carbocycles. The maximum atomic E-state index is 13.9. The van der Waals surface area contributed by atoms with Crippen LogP contribution in [0.15, 0.2) is 217 Å². The molecule has 60 heavy (non-hydrogen) atoms. The Kier molecular flexibility index (Phi) is 7.72. The minimum atomic E-state index is -0.0104. The lowest BCUT2D eigenvalue weighted by atomic mass is 9.89. The van der Waals surface area contributed by atoms with Gasteiger partial charge in [-0.3, -0.25) is 9.36 Å². The molecule has 0 radical (unpaired) electrons. The molecule has 0 amide bonds. The summed E-state index contributed by atoms with van der Waals surface area (Å²) in [5, 5.41) is 5.22. The summed E-state index contributed by atoms with van der Waals surface area (Å²) in [4.78, 5) is 16.4. The average Bonchev–Trinajstić information content (AvgIpc) is 3.65. The lowest BCUT2D eigenvalue weighted by molar-refractivity contribution is 1.06. The third-order valence-electron chi connectivity index (χ3n) is 12.3. The van der Waals surface area contributed by atoms with Gasteiger partial charge in [0.15, 0.2) is 0 Å². The van der Waals surface area contributed by atoms with E-state index in [0.29, 0.717) is 5.39 Å². The number of nitrogens with zero attached hydrogens (tertiary/aromatic N) is 3. The summed E-state index contributed by atoms with van der Waals surface area (Å²) in [5.74, 6) is 0. The summed E-state index contributed by atoms with van der Waals surface area (Å²) in [7, 11) is 0. The molecule has 4 heteroatoms. The smallest absolute Gasteiger partial charge is 0.263 e. The fourth-order valence-corrected chi connectivity index (χ4v) is 9.54. The number of hydrogen-bond donors (Lipinski definition) is 0. The van der Waals surface area contributed by atoms with E-state index in [1.54, 1.807) is 0 Å². The minimum absolute atomic E-state index is 0.0104. The summed E-state index contributed by atoms with van der Waals surface area (Å²) in [6.45, 7) is 0. The second-order valence-corrected chi connectivity index (χ2v) is 15.7. The van der Waals surface area contributed by atoms with Crippen LogP contribution in [0.2, 0.25) is 0 Å². The van der Waals surface area contributed by atoms with Crippen LogP contribution in [0.25, 0.3) is 77.1 Å². The molecular weight excluding hydrogens is 731 g/mol. The number of benzene rings is 9. The summed E-state index contributed by atoms with van der Waals surface area (Å²) in [6, 6.07) is 75.2. The topological polar surface area (TPSA) is 30.2 Å². The van der Waals surface area contributed by atoms with Crippen molar-refractivity contribution in [1.82, 2.24) is 9.13 Å². The second-order valence-electron chi connectivity index (χ2n) is 15.7. The van der Waals surface area contributed by atoms with E-state index in [2.05, 4.69) is 173 Å². The second kappa shape index (κ2) is 13.6. The van der Waals surface area contributed by atoms with Crippen molar-refractivity contribution >= 4 is 60.5 Å². The Bertz CT molecular complexity index is 3530. The van der Waals surface area contributed by atoms with Crippen LogP contribution in [0.5, 0.6) is 0 Å². The van der Waals surface area contributed by atoms with Gasteiger partial charge in [-0.1, -0.05) is 115 Å². The van der Waals surface area contributed by atoms with Gasteiger partial charge in [-0.15, -0.1) is 0 Å². The fourth-order valence-electron chi connectivity index (χ4n) is 9.54. The molecule has 11 aromatic rings. The van der Waals surface area contributed by atoms with E-state index in [0.717, 1.165) is 50.9 Å². The van der Waals surface area contributed by atoms with Crippen molar-refractivity contribution in [3.8, 4) is 33.6 Å². The Morgan fingerprint density at radius 1 is 0.317 bits per heavy atom. The van der Waals surface area contributed by atoms with Crippen molar-refractivity contribution in [2.45, 2.75) is 6.42 Å². The average molecular weight is 768 g/mol. The molecule has 0 fully saturated rings. The van der Waals surface area contributed by atoms with Gasteiger partial charge in [0.1, 0.15) is 0 Å². The van der Waals surface area contributed by atoms with E-state index in [9.17, 15) is 4.79 Å². The maximum absolute atomic E-state index is 13.9. The Morgan fingerprint density at radius 3 is 1.33 bits per heavy atom. The van der Waals surface area contributed by atoms with Crippen molar-refractivity contribution in [1.29, 1.82) is 0 Å². The largest absolute Gasteiger partial charge is 0.310 e. The minimum Gasteiger partial charge on any atom is -0.310 e. The highest BCUT2D eigenvalue weighted by molar-refractivity contribution is 6.11. The third-order valence-corrected chi connectivity index (χ3v) is 12.3. The normalized spacial score (nSPS) is 12.3. The molecule has 12 rings (SSSR count). The van der Waals surface area contributed by atoms with Gasteiger partial charge in [-0.25, -0.2) is 0 Å². The highest BCUT2D eigenvalue weighted by Crippen LogP contribution is 2.46. The molecular formula is C56H37N3O. The first-order valence-corrected chi connectivity index (χ1v) is 20.5. The molecule has 0 N–H and O–H groups in total. The van der Waals surface area contributed by atoms with E-state index in [-0.39, 0.29) is 5.56 Å². The molecule has 1 aliphatic rings. The Morgan fingerprint density at radius 2 is 0.733 bits per heavy atom. The van der Waals surface area contributed by atoms with Crippen LogP contribution in [0, 0.1) is 0 Å². The van der Waals surface area contributed by atoms with Crippen LogP contribution in [-0.2, 0) is 6.42 Å². The quantitative estimate of drug-likeness (QED) is 0.163. The molecule has 282 valence electrons. The van der Waals surface area contributed by atoms with E-state index in [1.807, 2.05) is 53.1 Å². The molecule has 0 atom stereocenters. The van der Waals surface area contributed by atoms with Gasteiger partial charge in [0, 0.05) is 56.4 Å². The molecule has 4 nitrogen and oxygen atoms in total. The zero-order valence-corrected chi connectivity index (χ0v) is 32.7. The van der Waals surface area contributed by atoms with Crippen LogP contribution in [-0.4, -0.2) is 9.13 Å². The van der Waals surface area contributed by atoms with E-state index < -0.39 is 0 Å². The zero-order chi connectivity index (χ0) is 39.7. The molecule has 0 unspecified atom stereocenters. The van der Waals surface area contributed by atoms with Crippen molar-refractivity contribution < 1.29 is 0 Å². The molecule has 0 saturated heterocycles. The molecule has 9 aromatic carbocycles. The Hall–Kier alpha value is -7.95. The molecule has 0 bridgehead atoms. The maximum Gasteiger partial charge on any atom is 0.263 e. The molecule has 3 heterocycles.